The molecule has 14 heavy (non-hydrogen) atoms. The summed E-state index contributed by atoms with van der Waals surface area (Å²) in [6.45, 7) is 7.95. The lowest BCUT2D eigenvalue weighted by Gasteiger charge is -2.17. The lowest BCUT2D eigenvalue weighted by molar-refractivity contribution is -0.108. The van der Waals surface area contributed by atoms with Crippen molar-refractivity contribution in [1.29, 1.82) is 0 Å². The maximum Gasteiger partial charge on any atom is 0.120 e. The Hall–Kier alpha value is -0.630. The van der Waals surface area contributed by atoms with Crippen LogP contribution in [0.2, 0.25) is 0 Å². The molecule has 0 aromatic carbocycles. The third-order valence-corrected chi connectivity index (χ3v) is 2.64. The fourth-order valence-electron chi connectivity index (χ4n) is 1.51. The predicted octanol–water partition coefficient (Wildman–Crippen LogP) is 2.71. The molecule has 0 rings (SSSR count). The standard InChI is InChI=1S/C12H22O2/c1-4-10(3)8-12(14)9-11(5-2)6-7-13/h7,11-12,14H,3-6,8-9H2,1-2H3/t11-,12-/m1/s1. The number of aldehydes is 1. The Morgan fingerprint density at radius 3 is 2.57 bits per heavy atom. The summed E-state index contributed by atoms with van der Waals surface area (Å²) in [6.07, 6.45) is 4.44. The van der Waals surface area contributed by atoms with E-state index in [9.17, 15) is 9.90 Å². The molecule has 0 amide bonds. The molecule has 0 bridgehead atoms. The molecule has 2 atom stereocenters. The van der Waals surface area contributed by atoms with Crippen LogP contribution in [-0.4, -0.2) is 17.5 Å². The molecular formula is C12H22O2. The highest BCUT2D eigenvalue weighted by molar-refractivity contribution is 5.49. The lowest BCUT2D eigenvalue weighted by Crippen LogP contribution is -2.14. The van der Waals surface area contributed by atoms with Crippen molar-refractivity contribution in [2.24, 2.45) is 5.92 Å². The highest BCUT2D eigenvalue weighted by Gasteiger charge is 2.12. The first-order valence-electron chi connectivity index (χ1n) is 5.42. The van der Waals surface area contributed by atoms with Gasteiger partial charge in [0.1, 0.15) is 6.29 Å². The van der Waals surface area contributed by atoms with Crippen LogP contribution in [0.25, 0.3) is 0 Å². The van der Waals surface area contributed by atoms with Gasteiger partial charge in [0.15, 0.2) is 0 Å². The third-order valence-electron chi connectivity index (χ3n) is 2.64. The van der Waals surface area contributed by atoms with Crippen LogP contribution < -0.4 is 0 Å². The summed E-state index contributed by atoms with van der Waals surface area (Å²) in [5.74, 6) is 0.326. The molecule has 1 N–H and O–H groups in total. The Morgan fingerprint density at radius 2 is 2.14 bits per heavy atom. The fourth-order valence-corrected chi connectivity index (χ4v) is 1.51. The van der Waals surface area contributed by atoms with Crippen LogP contribution in [0.1, 0.15) is 46.0 Å². The van der Waals surface area contributed by atoms with E-state index in [2.05, 4.69) is 13.5 Å². The summed E-state index contributed by atoms with van der Waals surface area (Å²) in [6, 6.07) is 0. The van der Waals surface area contributed by atoms with Crippen LogP contribution >= 0.6 is 0 Å². The summed E-state index contributed by atoms with van der Waals surface area (Å²) in [5.41, 5.74) is 1.08. The van der Waals surface area contributed by atoms with E-state index in [1.54, 1.807) is 0 Å². The number of carbonyl (C=O) groups excluding carboxylic acids is 1. The summed E-state index contributed by atoms with van der Waals surface area (Å²) >= 11 is 0. The number of aliphatic hydroxyl groups is 1. The van der Waals surface area contributed by atoms with Crippen molar-refractivity contribution in [3.8, 4) is 0 Å². The second-order valence-electron chi connectivity index (χ2n) is 3.87. The average molecular weight is 198 g/mol. The first kappa shape index (κ1) is 13.4. The van der Waals surface area contributed by atoms with Gasteiger partial charge in [0, 0.05) is 6.42 Å². The van der Waals surface area contributed by atoms with Gasteiger partial charge in [-0.1, -0.05) is 32.4 Å². The van der Waals surface area contributed by atoms with E-state index < -0.39 is 0 Å². The van der Waals surface area contributed by atoms with E-state index in [0.29, 0.717) is 25.2 Å². The quantitative estimate of drug-likeness (QED) is 0.481. The van der Waals surface area contributed by atoms with Gasteiger partial charge in [0.05, 0.1) is 6.10 Å². The van der Waals surface area contributed by atoms with Crippen LogP contribution in [0.4, 0.5) is 0 Å². The van der Waals surface area contributed by atoms with E-state index in [4.69, 9.17) is 0 Å². The SMILES string of the molecule is C=C(CC)C[C@@H](O)C[C@H](CC)CC=O. The normalized spacial score (nSPS) is 14.8. The molecule has 82 valence electrons. The number of rotatable bonds is 8. The van der Waals surface area contributed by atoms with Crippen molar-refractivity contribution in [1.82, 2.24) is 0 Å². The smallest absolute Gasteiger partial charge is 0.120 e. The zero-order valence-electron chi connectivity index (χ0n) is 9.33. The molecule has 0 spiro atoms. The van der Waals surface area contributed by atoms with Crippen molar-refractivity contribution in [2.45, 2.75) is 52.1 Å². The van der Waals surface area contributed by atoms with Crippen LogP contribution in [0.3, 0.4) is 0 Å². The van der Waals surface area contributed by atoms with Crippen LogP contribution in [0.15, 0.2) is 12.2 Å². The van der Waals surface area contributed by atoms with Crippen molar-refractivity contribution in [2.75, 3.05) is 0 Å². The fraction of sp³-hybridized carbons (Fsp3) is 0.750. The second kappa shape index (κ2) is 7.74. The van der Waals surface area contributed by atoms with Gasteiger partial charge in [0.2, 0.25) is 0 Å². The Balaban J connectivity index is 3.83. The maximum absolute atomic E-state index is 10.3. The Labute approximate surface area is 87.0 Å². The van der Waals surface area contributed by atoms with Gasteiger partial charge >= 0.3 is 0 Å². The summed E-state index contributed by atoms with van der Waals surface area (Å²) in [7, 11) is 0. The molecule has 0 aliphatic heterocycles. The van der Waals surface area contributed by atoms with Gasteiger partial charge in [-0.05, 0) is 25.2 Å². The topological polar surface area (TPSA) is 37.3 Å². The molecule has 0 aromatic rings. The van der Waals surface area contributed by atoms with Crippen molar-refractivity contribution >= 4 is 6.29 Å². The zero-order chi connectivity index (χ0) is 11.0. The zero-order valence-corrected chi connectivity index (χ0v) is 9.33. The molecule has 2 nitrogen and oxygen atoms in total. The van der Waals surface area contributed by atoms with Crippen LogP contribution in [0, 0.1) is 5.92 Å². The van der Waals surface area contributed by atoms with Crippen molar-refractivity contribution in [3.63, 3.8) is 0 Å². The van der Waals surface area contributed by atoms with Gasteiger partial charge in [-0.3, -0.25) is 0 Å². The predicted molar refractivity (Wildman–Crippen MR) is 59.1 cm³/mol. The van der Waals surface area contributed by atoms with E-state index in [1.165, 1.54) is 0 Å². The number of carbonyl (C=O) groups is 1. The van der Waals surface area contributed by atoms with Gasteiger partial charge in [-0.2, -0.15) is 0 Å². The molecule has 0 saturated carbocycles. The molecule has 0 aliphatic rings. The summed E-state index contributed by atoms with van der Waals surface area (Å²) < 4.78 is 0. The van der Waals surface area contributed by atoms with Crippen molar-refractivity contribution < 1.29 is 9.90 Å². The molecule has 0 radical (unpaired) electrons. The first-order chi connectivity index (χ1) is 6.63. The average Bonchev–Trinajstić information content (AvgIpc) is 2.16. The summed E-state index contributed by atoms with van der Waals surface area (Å²) in [5, 5.41) is 9.70. The van der Waals surface area contributed by atoms with E-state index >= 15 is 0 Å². The van der Waals surface area contributed by atoms with Crippen molar-refractivity contribution in [3.05, 3.63) is 12.2 Å². The van der Waals surface area contributed by atoms with Gasteiger partial charge in [-0.15, -0.1) is 0 Å². The van der Waals surface area contributed by atoms with Crippen LogP contribution in [-0.2, 0) is 4.79 Å². The van der Waals surface area contributed by atoms with E-state index in [-0.39, 0.29) is 6.10 Å². The maximum atomic E-state index is 10.3. The monoisotopic (exact) mass is 198 g/mol. The molecule has 0 heterocycles. The van der Waals surface area contributed by atoms with Gasteiger partial charge < -0.3 is 9.90 Å². The second-order valence-corrected chi connectivity index (χ2v) is 3.87. The minimum absolute atomic E-state index is 0.326. The van der Waals surface area contributed by atoms with E-state index in [0.717, 1.165) is 24.7 Å². The molecular weight excluding hydrogens is 176 g/mol. The first-order valence-corrected chi connectivity index (χ1v) is 5.42. The Morgan fingerprint density at radius 1 is 1.50 bits per heavy atom. The largest absolute Gasteiger partial charge is 0.393 e. The molecule has 0 aromatic heterocycles. The molecule has 2 heteroatoms. The number of hydrogen-bond donors (Lipinski definition) is 1. The molecule has 0 unspecified atom stereocenters. The Bertz CT molecular complexity index is 175. The minimum atomic E-state index is -0.327. The Kier molecular flexibility index (Phi) is 7.40. The van der Waals surface area contributed by atoms with E-state index in [1.807, 2.05) is 6.92 Å². The third kappa shape index (κ3) is 5.92. The summed E-state index contributed by atoms with van der Waals surface area (Å²) in [4.78, 5) is 10.3. The lowest BCUT2D eigenvalue weighted by atomic mass is 9.93. The van der Waals surface area contributed by atoms with Gasteiger partial charge in [0.25, 0.3) is 0 Å². The highest BCUT2D eigenvalue weighted by Crippen LogP contribution is 2.18. The number of hydrogen-bond acceptors (Lipinski definition) is 2. The molecule has 0 saturated heterocycles. The highest BCUT2D eigenvalue weighted by atomic mass is 16.3. The molecule has 0 fully saturated rings. The van der Waals surface area contributed by atoms with Gasteiger partial charge in [-0.25, -0.2) is 0 Å². The molecule has 0 aliphatic carbocycles. The number of aliphatic hydroxyl groups excluding tert-OH is 1. The van der Waals surface area contributed by atoms with Crippen LogP contribution in [0.5, 0.6) is 0 Å². The minimum Gasteiger partial charge on any atom is -0.393 e.